The molecule has 1 aliphatic heterocycles. The van der Waals surface area contributed by atoms with Crippen LogP contribution >= 0.6 is 12.4 Å². The number of likely N-dealkylation sites (tertiary alicyclic amines) is 1. The van der Waals surface area contributed by atoms with Crippen molar-refractivity contribution in [2.75, 3.05) is 19.6 Å². The molecule has 0 radical (unpaired) electrons. The summed E-state index contributed by atoms with van der Waals surface area (Å²) in [6.45, 7) is 8.04. The van der Waals surface area contributed by atoms with Crippen LogP contribution in [0, 0.1) is 5.92 Å². The third-order valence-electron chi connectivity index (χ3n) is 5.14. The third kappa shape index (κ3) is 6.82. The molecule has 6 heteroatoms. The lowest BCUT2D eigenvalue weighted by molar-refractivity contribution is -0.135. The minimum Gasteiger partial charge on any atom is -0.354 e. The third-order valence-corrected chi connectivity index (χ3v) is 5.14. The van der Waals surface area contributed by atoms with Gasteiger partial charge in [-0.1, -0.05) is 45.0 Å². The SMILES string of the molecule is CCCC(=O)N1CCCC(C(=O)NCC(N)c2ccc(C(C)C)cc2)C1.Cl. The van der Waals surface area contributed by atoms with Crippen LogP contribution in [0.1, 0.15) is 69.5 Å². The Labute approximate surface area is 169 Å². The smallest absolute Gasteiger partial charge is 0.224 e. The van der Waals surface area contributed by atoms with Crippen molar-refractivity contribution in [1.82, 2.24) is 10.2 Å². The Morgan fingerprint density at radius 1 is 1.22 bits per heavy atom. The maximum atomic E-state index is 12.5. The Balaban J connectivity index is 0.00000364. The van der Waals surface area contributed by atoms with E-state index >= 15 is 0 Å². The van der Waals surface area contributed by atoms with Gasteiger partial charge in [0.15, 0.2) is 0 Å². The average Bonchev–Trinajstić information content (AvgIpc) is 2.66. The Hall–Kier alpha value is -1.59. The zero-order valence-electron chi connectivity index (χ0n) is 16.7. The van der Waals surface area contributed by atoms with Crippen molar-refractivity contribution in [2.24, 2.45) is 11.7 Å². The summed E-state index contributed by atoms with van der Waals surface area (Å²) in [5.74, 6) is 0.532. The minimum absolute atomic E-state index is 0. The summed E-state index contributed by atoms with van der Waals surface area (Å²) < 4.78 is 0. The van der Waals surface area contributed by atoms with E-state index in [4.69, 9.17) is 5.73 Å². The first-order chi connectivity index (χ1) is 12.4. The van der Waals surface area contributed by atoms with Crippen molar-refractivity contribution in [2.45, 2.75) is 58.4 Å². The van der Waals surface area contributed by atoms with Crippen LogP contribution in [-0.2, 0) is 9.59 Å². The predicted molar refractivity (Wildman–Crippen MR) is 112 cm³/mol. The number of nitrogens with one attached hydrogen (secondary N) is 1. The Morgan fingerprint density at radius 3 is 2.44 bits per heavy atom. The van der Waals surface area contributed by atoms with E-state index in [1.54, 1.807) is 0 Å². The second kappa shape index (κ2) is 11.3. The van der Waals surface area contributed by atoms with E-state index in [9.17, 15) is 9.59 Å². The number of carbonyl (C=O) groups is 2. The van der Waals surface area contributed by atoms with Crippen molar-refractivity contribution < 1.29 is 9.59 Å². The fraction of sp³-hybridized carbons (Fsp3) is 0.619. The molecule has 27 heavy (non-hydrogen) atoms. The molecule has 2 atom stereocenters. The lowest BCUT2D eigenvalue weighted by Gasteiger charge is -2.32. The maximum absolute atomic E-state index is 12.5. The van der Waals surface area contributed by atoms with Gasteiger partial charge in [0.1, 0.15) is 0 Å². The van der Waals surface area contributed by atoms with Gasteiger partial charge >= 0.3 is 0 Å². The first-order valence-electron chi connectivity index (χ1n) is 9.83. The highest BCUT2D eigenvalue weighted by Crippen LogP contribution is 2.19. The van der Waals surface area contributed by atoms with Crippen LogP contribution in [0.25, 0.3) is 0 Å². The quantitative estimate of drug-likeness (QED) is 0.743. The monoisotopic (exact) mass is 395 g/mol. The highest BCUT2D eigenvalue weighted by atomic mass is 35.5. The van der Waals surface area contributed by atoms with Gasteiger partial charge in [-0.25, -0.2) is 0 Å². The average molecular weight is 396 g/mol. The van der Waals surface area contributed by atoms with Crippen LogP contribution in [0.4, 0.5) is 0 Å². The first-order valence-corrected chi connectivity index (χ1v) is 9.83. The number of amides is 2. The molecule has 152 valence electrons. The zero-order valence-corrected chi connectivity index (χ0v) is 17.6. The highest BCUT2D eigenvalue weighted by Gasteiger charge is 2.28. The molecule has 1 aromatic rings. The van der Waals surface area contributed by atoms with Crippen LogP contribution in [0.2, 0.25) is 0 Å². The molecule has 0 aromatic heterocycles. The fourth-order valence-corrected chi connectivity index (χ4v) is 3.39. The highest BCUT2D eigenvalue weighted by molar-refractivity contribution is 5.85. The zero-order chi connectivity index (χ0) is 19.1. The van der Waals surface area contributed by atoms with Gasteiger partial charge in [-0.15, -0.1) is 12.4 Å². The van der Waals surface area contributed by atoms with Crippen molar-refractivity contribution >= 4 is 24.2 Å². The molecule has 2 rings (SSSR count). The number of nitrogens with two attached hydrogens (primary N) is 1. The number of benzene rings is 1. The van der Waals surface area contributed by atoms with Gasteiger partial charge in [0.2, 0.25) is 11.8 Å². The second-order valence-electron chi connectivity index (χ2n) is 7.60. The molecule has 1 aliphatic rings. The number of piperidine rings is 1. The Kier molecular flexibility index (Phi) is 9.81. The van der Waals surface area contributed by atoms with E-state index in [2.05, 4.69) is 31.3 Å². The maximum Gasteiger partial charge on any atom is 0.224 e. The molecular formula is C21H34ClN3O2. The van der Waals surface area contributed by atoms with E-state index in [-0.39, 0.29) is 36.2 Å². The number of halogens is 1. The molecule has 1 aromatic carbocycles. The molecule has 1 heterocycles. The van der Waals surface area contributed by atoms with Gasteiger partial charge < -0.3 is 16.0 Å². The minimum atomic E-state index is -0.221. The largest absolute Gasteiger partial charge is 0.354 e. The number of hydrogen-bond donors (Lipinski definition) is 2. The number of nitrogens with zero attached hydrogens (tertiary/aromatic N) is 1. The number of hydrogen-bond acceptors (Lipinski definition) is 3. The van der Waals surface area contributed by atoms with Crippen LogP contribution in [0.3, 0.4) is 0 Å². The van der Waals surface area contributed by atoms with Crippen LogP contribution in [0.5, 0.6) is 0 Å². The normalized spacial score (nSPS) is 18.0. The molecule has 1 fully saturated rings. The summed E-state index contributed by atoms with van der Waals surface area (Å²) in [6, 6.07) is 8.05. The lowest BCUT2D eigenvalue weighted by atomic mass is 9.96. The predicted octanol–water partition coefficient (Wildman–Crippen LogP) is 3.39. The van der Waals surface area contributed by atoms with Crippen LogP contribution in [0.15, 0.2) is 24.3 Å². The number of carbonyl (C=O) groups excluding carboxylic acids is 2. The van der Waals surface area contributed by atoms with E-state index in [1.807, 2.05) is 24.0 Å². The van der Waals surface area contributed by atoms with E-state index in [0.717, 1.165) is 31.4 Å². The van der Waals surface area contributed by atoms with Crippen LogP contribution in [-0.4, -0.2) is 36.3 Å². The molecule has 3 N–H and O–H groups in total. The summed E-state index contributed by atoms with van der Waals surface area (Å²) in [5, 5.41) is 2.98. The van der Waals surface area contributed by atoms with Crippen molar-refractivity contribution in [3.63, 3.8) is 0 Å². The van der Waals surface area contributed by atoms with Gasteiger partial charge in [-0.3, -0.25) is 9.59 Å². The molecule has 1 saturated heterocycles. The molecule has 0 spiro atoms. The van der Waals surface area contributed by atoms with Crippen molar-refractivity contribution in [1.29, 1.82) is 0 Å². The van der Waals surface area contributed by atoms with Gasteiger partial charge in [0, 0.05) is 32.1 Å². The van der Waals surface area contributed by atoms with Gasteiger partial charge in [-0.05, 0) is 36.3 Å². The topological polar surface area (TPSA) is 75.4 Å². The van der Waals surface area contributed by atoms with Gasteiger partial charge in [0.05, 0.1) is 5.92 Å². The number of rotatable bonds is 7. The summed E-state index contributed by atoms with van der Waals surface area (Å²) in [4.78, 5) is 26.4. The van der Waals surface area contributed by atoms with Crippen LogP contribution < -0.4 is 11.1 Å². The second-order valence-corrected chi connectivity index (χ2v) is 7.60. The molecule has 5 nitrogen and oxygen atoms in total. The van der Waals surface area contributed by atoms with E-state index < -0.39 is 0 Å². The molecule has 0 aliphatic carbocycles. The van der Waals surface area contributed by atoms with E-state index in [1.165, 1.54) is 5.56 Å². The summed E-state index contributed by atoms with van der Waals surface area (Å²) in [5.41, 5.74) is 8.54. The molecular weight excluding hydrogens is 362 g/mol. The van der Waals surface area contributed by atoms with Gasteiger partial charge in [0.25, 0.3) is 0 Å². The van der Waals surface area contributed by atoms with Crippen molar-refractivity contribution in [3.8, 4) is 0 Å². The standard InChI is InChI=1S/C21H33N3O2.ClH/c1-4-6-20(25)24-12-5-7-18(14-24)21(26)23-13-19(22)17-10-8-16(9-11-17)15(2)3;/h8-11,15,18-19H,4-7,12-14,22H2,1-3H3,(H,23,26);1H. The molecule has 2 unspecified atom stereocenters. The first kappa shape index (κ1) is 23.4. The molecule has 0 saturated carbocycles. The summed E-state index contributed by atoms with van der Waals surface area (Å²) in [6.07, 6.45) is 3.12. The molecule has 0 bridgehead atoms. The summed E-state index contributed by atoms with van der Waals surface area (Å²) in [7, 11) is 0. The Morgan fingerprint density at radius 2 is 1.85 bits per heavy atom. The van der Waals surface area contributed by atoms with Gasteiger partial charge in [-0.2, -0.15) is 0 Å². The van der Waals surface area contributed by atoms with E-state index in [0.29, 0.717) is 25.4 Å². The molecule has 2 amide bonds. The summed E-state index contributed by atoms with van der Waals surface area (Å²) >= 11 is 0. The lowest BCUT2D eigenvalue weighted by Crippen LogP contribution is -2.46. The fourth-order valence-electron chi connectivity index (χ4n) is 3.39. The Bertz CT molecular complexity index is 604. The van der Waals surface area contributed by atoms with Crippen molar-refractivity contribution in [3.05, 3.63) is 35.4 Å².